The topological polar surface area (TPSA) is 77.2 Å². The third-order valence-corrected chi connectivity index (χ3v) is 4.39. The zero-order chi connectivity index (χ0) is 16.8. The fourth-order valence-corrected chi connectivity index (χ4v) is 2.96. The van der Waals surface area contributed by atoms with Gasteiger partial charge >= 0.3 is 0 Å². The first-order valence-corrected chi connectivity index (χ1v) is 8.36. The lowest BCUT2D eigenvalue weighted by molar-refractivity contribution is 0.0952. The summed E-state index contributed by atoms with van der Waals surface area (Å²) in [4.78, 5) is 17.9. The van der Waals surface area contributed by atoms with Crippen LogP contribution in [0.5, 0.6) is 0 Å². The molecule has 124 valence electrons. The molecular weight excluding hydrogens is 326 g/mol. The van der Waals surface area contributed by atoms with Gasteiger partial charge in [0.25, 0.3) is 11.8 Å². The first-order valence-electron chi connectivity index (χ1n) is 7.54. The van der Waals surface area contributed by atoms with E-state index in [4.69, 9.17) is 9.26 Å². The summed E-state index contributed by atoms with van der Waals surface area (Å²) in [5.74, 6) is 0.844. The Morgan fingerprint density at radius 2 is 2.08 bits per heavy atom. The molecule has 2 heterocycles. The molecule has 24 heavy (non-hydrogen) atoms. The Bertz CT molecular complexity index is 798. The monoisotopic (exact) mass is 343 g/mol. The number of amides is 1. The summed E-state index contributed by atoms with van der Waals surface area (Å²) in [6.07, 6.45) is 0.783. The zero-order valence-electron chi connectivity index (χ0n) is 13.2. The van der Waals surface area contributed by atoms with Crippen LogP contribution in [0.1, 0.15) is 16.1 Å². The number of ether oxygens (including phenoxy) is 1. The number of nitrogens with one attached hydrogen (secondary N) is 1. The number of methoxy groups -OCH3 is 1. The summed E-state index contributed by atoms with van der Waals surface area (Å²) < 4.78 is 10.3. The van der Waals surface area contributed by atoms with Crippen LogP contribution < -0.4 is 5.32 Å². The summed E-state index contributed by atoms with van der Waals surface area (Å²) in [5.41, 5.74) is 0.865. The van der Waals surface area contributed by atoms with Gasteiger partial charge in [0, 0.05) is 25.8 Å². The summed E-state index contributed by atoms with van der Waals surface area (Å²) in [6.45, 7) is 1.21. The Balaban J connectivity index is 1.67. The van der Waals surface area contributed by atoms with Gasteiger partial charge in [0.15, 0.2) is 0 Å². The first-order chi connectivity index (χ1) is 11.8. The highest BCUT2D eigenvalue weighted by Crippen LogP contribution is 2.28. The smallest absolute Gasteiger partial charge is 0.261 e. The van der Waals surface area contributed by atoms with Gasteiger partial charge in [0.05, 0.1) is 9.75 Å². The van der Waals surface area contributed by atoms with Crippen molar-refractivity contribution in [1.82, 2.24) is 15.5 Å². The van der Waals surface area contributed by atoms with Crippen LogP contribution in [-0.2, 0) is 4.74 Å². The van der Waals surface area contributed by atoms with E-state index in [1.54, 1.807) is 13.2 Å². The molecule has 0 aliphatic rings. The van der Waals surface area contributed by atoms with Crippen LogP contribution in [0.4, 0.5) is 0 Å². The largest absolute Gasteiger partial charge is 0.385 e. The van der Waals surface area contributed by atoms with E-state index in [1.807, 2.05) is 36.4 Å². The normalized spacial score (nSPS) is 10.7. The Kier molecular flexibility index (Phi) is 5.35. The van der Waals surface area contributed by atoms with Crippen molar-refractivity contribution in [3.63, 3.8) is 0 Å². The SMILES string of the molecule is COCCCNC(=O)c1ccc(-c2noc(-c3ccccc3)n2)s1. The molecule has 1 aromatic carbocycles. The van der Waals surface area contributed by atoms with E-state index in [-0.39, 0.29) is 5.91 Å². The van der Waals surface area contributed by atoms with Crippen molar-refractivity contribution >= 4 is 17.2 Å². The number of aromatic nitrogens is 2. The summed E-state index contributed by atoms with van der Waals surface area (Å²) in [6, 6.07) is 13.2. The standard InChI is InChI=1S/C17H17N3O3S/c1-22-11-5-10-18-16(21)14-9-8-13(24-14)15-19-17(23-20-15)12-6-3-2-4-7-12/h2-4,6-9H,5,10-11H2,1H3,(H,18,21). The number of thiophene rings is 1. The molecule has 0 atom stereocenters. The molecule has 0 aliphatic carbocycles. The number of hydrogen-bond acceptors (Lipinski definition) is 6. The molecule has 7 heteroatoms. The van der Waals surface area contributed by atoms with Gasteiger partial charge < -0.3 is 14.6 Å². The molecule has 0 bridgehead atoms. The van der Waals surface area contributed by atoms with Crippen molar-refractivity contribution in [2.45, 2.75) is 6.42 Å². The minimum atomic E-state index is -0.103. The van der Waals surface area contributed by atoms with Crippen molar-refractivity contribution in [2.24, 2.45) is 0 Å². The van der Waals surface area contributed by atoms with E-state index in [2.05, 4.69) is 15.5 Å². The maximum atomic E-state index is 12.1. The lowest BCUT2D eigenvalue weighted by Crippen LogP contribution is -2.24. The lowest BCUT2D eigenvalue weighted by atomic mass is 10.2. The number of carbonyl (C=O) groups is 1. The summed E-state index contributed by atoms with van der Waals surface area (Å²) in [7, 11) is 1.64. The highest BCUT2D eigenvalue weighted by molar-refractivity contribution is 7.17. The molecule has 0 radical (unpaired) electrons. The van der Waals surface area contributed by atoms with E-state index in [0.717, 1.165) is 16.9 Å². The van der Waals surface area contributed by atoms with Crippen LogP contribution in [0.15, 0.2) is 47.0 Å². The van der Waals surface area contributed by atoms with Crippen molar-refractivity contribution < 1.29 is 14.1 Å². The zero-order valence-corrected chi connectivity index (χ0v) is 14.0. The van der Waals surface area contributed by atoms with E-state index >= 15 is 0 Å². The van der Waals surface area contributed by atoms with Crippen LogP contribution in [0.2, 0.25) is 0 Å². The Morgan fingerprint density at radius 1 is 1.25 bits per heavy atom. The molecule has 0 spiro atoms. The van der Waals surface area contributed by atoms with Gasteiger partial charge in [0.2, 0.25) is 5.82 Å². The van der Waals surface area contributed by atoms with Crippen LogP contribution in [0.25, 0.3) is 22.2 Å². The van der Waals surface area contributed by atoms with Crippen molar-refractivity contribution in [3.05, 3.63) is 47.3 Å². The third kappa shape index (κ3) is 3.87. The Labute approximate surface area is 143 Å². The van der Waals surface area contributed by atoms with Crippen LogP contribution >= 0.6 is 11.3 Å². The maximum Gasteiger partial charge on any atom is 0.261 e. The van der Waals surface area contributed by atoms with Gasteiger partial charge in [-0.25, -0.2) is 0 Å². The molecule has 0 saturated carbocycles. The lowest BCUT2D eigenvalue weighted by Gasteiger charge is -2.02. The van der Waals surface area contributed by atoms with E-state index < -0.39 is 0 Å². The van der Waals surface area contributed by atoms with Crippen molar-refractivity contribution in [2.75, 3.05) is 20.3 Å². The molecule has 3 rings (SSSR count). The van der Waals surface area contributed by atoms with Gasteiger partial charge in [0.1, 0.15) is 0 Å². The van der Waals surface area contributed by atoms with Gasteiger partial charge in [-0.1, -0.05) is 23.4 Å². The minimum Gasteiger partial charge on any atom is -0.385 e. The number of benzene rings is 1. The quantitative estimate of drug-likeness (QED) is 0.667. The van der Waals surface area contributed by atoms with Crippen LogP contribution in [0.3, 0.4) is 0 Å². The molecule has 0 aliphatic heterocycles. The van der Waals surface area contributed by atoms with E-state index in [1.165, 1.54) is 11.3 Å². The second-order valence-corrected chi connectivity index (χ2v) is 6.14. The second kappa shape index (κ2) is 7.85. The highest BCUT2D eigenvalue weighted by atomic mass is 32.1. The minimum absolute atomic E-state index is 0.103. The molecule has 0 unspecified atom stereocenters. The van der Waals surface area contributed by atoms with Gasteiger partial charge in [-0.3, -0.25) is 4.79 Å². The molecule has 0 saturated heterocycles. The number of nitrogens with zero attached hydrogens (tertiary/aromatic N) is 2. The second-order valence-electron chi connectivity index (χ2n) is 5.06. The predicted octanol–water partition coefficient (Wildman–Crippen LogP) is 3.23. The van der Waals surface area contributed by atoms with Gasteiger partial charge in [-0.15, -0.1) is 11.3 Å². The third-order valence-electron chi connectivity index (χ3n) is 3.31. The molecule has 1 amide bonds. The van der Waals surface area contributed by atoms with Gasteiger partial charge in [-0.05, 0) is 30.7 Å². The van der Waals surface area contributed by atoms with E-state index in [0.29, 0.717) is 29.7 Å². The summed E-state index contributed by atoms with van der Waals surface area (Å²) >= 11 is 1.34. The molecule has 6 nitrogen and oxygen atoms in total. The first kappa shape index (κ1) is 16.4. The average molecular weight is 343 g/mol. The van der Waals surface area contributed by atoms with Gasteiger partial charge in [-0.2, -0.15) is 4.98 Å². The Morgan fingerprint density at radius 3 is 2.88 bits per heavy atom. The van der Waals surface area contributed by atoms with Crippen LogP contribution in [0, 0.1) is 0 Å². The average Bonchev–Trinajstić information content (AvgIpc) is 3.28. The molecule has 3 aromatic rings. The van der Waals surface area contributed by atoms with Crippen molar-refractivity contribution in [3.8, 4) is 22.2 Å². The maximum absolute atomic E-state index is 12.1. The summed E-state index contributed by atoms with van der Waals surface area (Å²) in [5, 5.41) is 6.85. The number of hydrogen-bond donors (Lipinski definition) is 1. The molecule has 2 aromatic heterocycles. The molecule has 0 fully saturated rings. The highest BCUT2D eigenvalue weighted by Gasteiger charge is 2.15. The van der Waals surface area contributed by atoms with Crippen molar-refractivity contribution in [1.29, 1.82) is 0 Å². The number of carbonyl (C=O) groups excluding carboxylic acids is 1. The molecular formula is C17H17N3O3S. The fourth-order valence-electron chi connectivity index (χ4n) is 2.11. The number of rotatable bonds is 7. The predicted molar refractivity (Wildman–Crippen MR) is 91.9 cm³/mol. The fraction of sp³-hybridized carbons (Fsp3) is 0.235. The Hall–Kier alpha value is -2.51. The van der Waals surface area contributed by atoms with E-state index in [9.17, 15) is 4.79 Å². The van der Waals surface area contributed by atoms with Crippen LogP contribution in [-0.4, -0.2) is 36.3 Å². The molecule has 1 N–H and O–H groups in total.